The largest absolute Gasteiger partial charge is 0.379 e. The molecule has 170 valence electrons. The zero-order valence-corrected chi connectivity index (χ0v) is 18.6. The van der Waals surface area contributed by atoms with E-state index in [1.807, 2.05) is 0 Å². The van der Waals surface area contributed by atoms with Crippen LogP contribution in [0.2, 0.25) is 0 Å². The van der Waals surface area contributed by atoms with Crippen LogP contribution in [0.1, 0.15) is 32.1 Å². The maximum Gasteiger partial charge on any atom is 0.339 e. The van der Waals surface area contributed by atoms with Gasteiger partial charge in [0.1, 0.15) is 10.6 Å². The molecule has 1 amide bonds. The van der Waals surface area contributed by atoms with Crippen LogP contribution < -0.4 is 9.50 Å². The summed E-state index contributed by atoms with van der Waals surface area (Å²) in [5.41, 5.74) is 1.95. The van der Waals surface area contributed by atoms with Gasteiger partial charge in [-0.15, -0.1) is 0 Å². The zero-order chi connectivity index (χ0) is 22.8. The summed E-state index contributed by atoms with van der Waals surface area (Å²) in [4.78, 5) is 23.9. The highest BCUT2D eigenvalue weighted by Gasteiger charge is 2.22. The summed E-state index contributed by atoms with van der Waals surface area (Å²) in [6, 6.07) is 11.1. The average Bonchev–Trinajstić information content (AvgIpc) is 3.49. The number of anilines is 1. The third-order valence-corrected chi connectivity index (χ3v) is 7.07. The summed E-state index contributed by atoms with van der Waals surface area (Å²) in [6.07, 6.45) is 10.1. The molecular weight excluding hydrogens is 442 g/mol. The first-order valence-electron chi connectivity index (χ1n) is 10.8. The fourth-order valence-corrected chi connectivity index (χ4v) is 4.98. The average molecular weight is 466 g/mol. The van der Waals surface area contributed by atoms with Gasteiger partial charge in [-0.3, -0.25) is 10.1 Å². The van der Waals surface area contributed by atoms with E-state index in [9.17, 15) is 13.2 Å². The number of carbonyl (C=O) groups is 1. The van der Waals surface area contributed by atoms with Gasteiger partial charge in [-0.05, 0) is 49.2 Å². The maximum atomic E-state index is 12.7. The Morgan fingerprint density at radius 2 is 1.88 bits per heavy atom. The first-order chi connectivity index (χ1) is 16.0. The number of nitrogens with zero attached hydrogens (tertiary/aromatic N) is 3. The molecule has 2 aromatic carbocycles. The molecule has 1 fully saturated rings. The lowest BCUT2D eigenvalue weighted by Gasteiger charge is -2.19. The molecule has 1 aliphatic carbocycles. The molecule has 0 unspecified atom stereocenters. The minimum atomic E-state index is -4.02. The van der Waals surface area contributed by atoms with Crippen LogP contribution in [0, 0.1) is 5.92 Å². The van der Waals surface area contributed by atoms with E-state index in [0.29, 0.717) is 17.0 Å². The molecule has 4 aromatic rings. The van der Waals surface area contributed by atoms with Gasteiger partial charge in [0.15, 0.2) is 0 Å². The molecule has 0 bridgehead atoms. The van der Waals surface area contributed by atoms with Crippen LogP contribution in [-0.2, 0) is 14.9 Å². The van der Waals surface area contributed by atoms with Crippen molar-refractivity contribution >= 4 is 33.0 Å². The molecule has 5 rings (SSSR count). The van der Waals surface area contributed by atoms with E-state index in [1.165, 1.54) is 24.6 Å². The Balaban J connectivity index is 1.30. The zero-order valence-electron chi connectivity index (χ0n) is 17.8. The van der Waals surface area contributed by atoms with Gasteiger partial charge in [0.2, 0.25) is 11.9 Å². The Morgan fingerprint density at radius 1 is 1.09 bits per heavy atom. The lowest BCUT2D eigenvalue weighted by molar-refractivity contribution is -0.120. The van der Waals surface area contributed by atoms with E-state index in [1.54, 1.807) is 47.6 Å². The number of hydrogen-bond donors (Lipinski definition) is 2. The number of imidazole rings is 2. The van der Waals surface area contributed by atoms with Crippen LogP contribution in [0.15, 0.2) is 66.1 Å². The highest BCUT2D eigenvalue weighted by atomic mass is 32.2. The Kier molecular flexibility index (Phi) is 5.59. The Hall–Kier alpha value is -3.66. The molecule has 2 heterocycles. The second-order valence-corrected chi connectivity index (χ2v) is 9.64. The van der Waals surface area contributed by atoms with Crippen LogP contribution in [0.4, 0.5) is 5.95 Å². The number of carbonyl (C=O) groups excluding carboxylic acids is 1. The van der Waals surface area contributed by atoms with E-state index in [2.05, 4.69) is 20.3 Å². The van der Waals surface area contributed by atoms with Crippen molar-refractivity contribution in [2.24, 2.45) is 5.92 Å². The van der Waals surface area contributed by atoms with E-state index in [4.69, 9.17) is 4.18 Å². The van der Waals surface area contributed by atoms with Crippen LogP contribution in [0.25, 0.3) is 16.7 Å². The molecule has 2 N–H and O–H groups in total. The fourth-order valence-electron chi connectivity index (χ4n) is 4.05. The van der Waals surface area contributed by atoms with Crippen molar-refractivity contribution in [2.45, 2.75) is 37.0 Å². The Labute approximate surface area is 191 Å². The van der Waals surface area contributed by atoms with Crippen LogP contribution in [-0.4, -0.2) is 33.8 Å². The van der Waals surface area contributed by atoms with Crippen molar-refractivity contribution in [3.8, 4) is 11.4 Å². The third kappa shape index (κ3) is 4.61. The van der Waals surface area contributed by atoms with Gasteiger partial charge >= 0.3 is 10.1 Å². The number of amides is 1. The van der Waals surface area contributed by atoms with Gasteiger partial charge in [0, 0.05) is 30.1 Å². The van der Waals surface area contributed by atoms with Gasteiger partial charge in [-0.1, -0.05) is 19.3 Å². The van der Waals surface area contributed by atoms with Gasteiger partial charge in [0.05, 0.1) is 17.4 Å². The predicted octanol–water partition coefficient (Wildman–Crippen LogP) is 4.04. The molecule has 0 radical (unpaired) electrons. The van der Waals surface area contributed by atoms with Crippen molar-refractivity contribution in [2.75, 3.05) is 5.32 Å². The second-order valence-electron chi connectivity index (χ2n) is 8.09. The van der Waals surface area contributed by atoms with E-state index in [-0.39, 0.29) is 22.5 Å². The smallest absolute Gasteiger partial charge is 0.339 e. The first-order valence-corrected chi connectivity index (χ1v) is 12.2. The monoisotopic (exact) mass is 465 g/mol. The molecule has 33 heavy (non-hydrogen) atoms. The topological polar surface area (TPSA) is 119 Å². The first kappa shape index (κ1) is 21.2. The Bertz CT molecular complexity index is 1370. The number of nitrogens with one attached hydrogen (secondary N) is 2. The molecule has 1 saturated carbocycles. The highest BCUT2D eigenvalue weighted by Crippen LogP contribution is 2.27. The lowest BCUT2D eigenvalue weighted by Crippen LogP contribution is -2.25. The number of aromatic amines is 1. The molecule has 1 aliphatic rings. The molecule has 0 saturated heterocycles. The summed E-state index contributed by atoms with van der Waals surface area (Å²) < 4.78 is 32.6. The van der Waals surface area contributed by atoms with Crippen molar-refractivity contribution in [1.29, 1.82) is 0 Å². The molecular formula is C23H23N5O4S. The summed E-state index contributed by atoms with van der Waals surface area (Å²) >= 11 is 0. The molecule has 10 heteroatoms. The number of fused-ring (bicyclic) bond motifs is 1. The molecule has 0 aliphatic heterocycles. The number of rotatable bonds is 6. The number of hydrogen-bond acceptors (Lipinski definition) is 6. The van der Waals surface area contributed by atoms with Crippen molar-refractivity contribution < 1.29 is 17.4 Å². The summed E-state index contributed by atoms with van der Waals surface area (Å²) in [5, 5.41) is 2.84. The standard InChI is InChI=1S/C23H23N5O4S/c29-22(16-4-2-1-3-5-16)27-23-25-20-11-8-18(14-21(20)26-23)32-33(30,31)19-9-6-17(7-10-19)28-13-12-24-15-28/h6-16H,1-5H2,(H2,25,26,27,29). The van der Waals surface area contributed by atoms with E-state index in [0.717, 1.165) is 31.4 Å². The Morgan fingerprint density at radius 3 is 2.61 bits per heavy atom. The maximum absolute atomic E-state index is 12.7. The van der Waals surface area contributed by atoms with Gasteiger partial charge in [-0.2, -0.15) is 8.42 Å². The second kappa shape index (κ2) is 8.70. The third-order valence-electron chi connectivity index (χ3n) is 5.80. The normalized spacial score (nSPS) is 14.9. The van der Waals surface area contributed by atoms with Crippen LogP contribution in [0.3, 0.4) is 0 Å². The van der Waals surface area contributed by atoms with Crippen LogP contribution in [0.5, 0.6) is 5.75 Å². The minimum Gasteiger partial charge on any atom is -0.379 e. The van der Waals surface area contributed by atoms with Crippen molar-refractivity contribution in [3.63, 3.8) is 0 Å². The predicted molar refractivity (Wildman–Crippen MR) is 123 cm³/mol. The highest BCUT2D eigenvalue weighted by molar-refractivity contribution is 7.87. The summed E-state index contributed by atoms with van der Waals surface area (Å²) in [6.45, 7) is 0. The number of benzene rings is 2. The quantitative estimate of drug-likeness (QED) is 0.415. The molecule has 2 aromatic heterocycles. The van der Waals surface area contributed by atoms with Gasteiger partial charge in [0.25, 0.3) is 0 Å². The molecule has 0 spiro atoms. The fraction of sp³-hybridized carbons (Fsp3) is 0.261. The van der Waals surface area contributed by atoms with E-state index >= 15 is 0 Å². The summed E-state index contributed by atoms with van der Waals surface area (Å²) in [7, 11) is -4.02. The van der Waals surface area contributed by atoms with Crippen LogP contribution >= 0.6 is 0 Å². The number of H-pyrrole nitrogens is 1. The SMILES string of the molecule is O=C(Nc1nc2ccc(OS(=O)(=O)c3ccc(-n4ccnc4)cc3)cc2[nH]1)C1CCCCC1. The number of aromatic nitrogens is 4. The minimum absolute atomic E-state index is 0.0103. The molecule has 0 atom stereocenters. The molecule has 9 nitrogen and oxygen atoms in total. The van der Waals surface area contributed by atoms with Gasteiger partial charge in [-0.25, -0.2) is 9.97 Å². The van der Waals surface area contributed by atoms with Crippen molar-refractivity contribution in [1.82, 2.24) is 19.5 Å². The lowest BCUT2D eigenvalue weighted by atomic mass is 9.89. The van der Waals surface area contributed by atoms with E-state index < -0.39 is 10.1 Å². The van der Waals surface area contributed by atoms with Crippen molar-refractivity contribution in [3.05, 3.63) is 61.2 Å². The van der Waals surface area contributed by atoms with Gasteiger partial charge < -0.3 is 13.7 Å². The summed E-state index contributed by atoms with van der Waals surface area (Å²) in [5.74, 6) is 0.466.